The standard InChI is InChI=1S/C24H26N4O3/c1-23(2,3)28(15-18-8-6-5-7-9-18)20(29)16-27-21(30)24(4,26-22(27)31)19-12-10-17(14-25)11-13-19/h5-13H,15-16H2,1-4H3,(H,26,31). The van der Waals surface area contributed by atoms with E-state index in [1.54, 1.807) is 36.1 Å². The van der Waals surface area contributed by atoms with Crippen LogP contribution in [-0.4, -0.2) is 39.7 Å². The number of rotatable bonds is 5. The summed E-state index contributed by atoms with van der Waals surface area (Å²) < 4.78 is 0. The van der Waals surface area contributed by atoms with E-state index in [1.165, 1.54) is 0 Å². The Morgan fingerprint density at radius 2 is 1.71 bits per heavy atom. The largest absolute Gasteiger partial charge is 0.332 e. The van der Waals surface area contributed by atoms with E-state index in [9.17, 15) is 14.4 Å². The van der Waals surface area contributed by atoms with Gasteiger partial charge in [0.15, 0.2) is 0 Å². The first kappa shape index (κ1) is 22.0. The molecule has 7 nitrogen and oxygen atoms in total. The number of carbonyl (C=O) groups excluding carboxylic acids is 3. The molecule has 0 radical (unpaired) electrons. The van der Waals surface area contributed by atoms with Crippen molar-refractivity contribution in [1.29, 1.82) is 5.26 Å². The lowest BCUT2D eigenvalue weighted by Gasteiger charge is -2.36. The van der Waals surface area contributed by atoms with Crippen molar-refractivity contribution in [2.45, 2.75) is 45.3 Å². The maximum absolute atomic E-state index is 13.2. The third-order valence-corrected chi connectivity index (χ3v) is 5.45. The molecule has 1 aliphatic rings. The van der Waals surface area contributed by atoms with E-state index in [-0.39, 0.29) is 12.5 Å². The predicted molar refractivity (Wildman–Crippen MR) is 115 cm³/mol. The van der Waals surface area contributed by atoms with Gasteiger partial charge in [-0.3, -0.25) is 14.5 Å². The summed E-state index contributed by atoms with van der Waals surface area (Å²) in [6, 6.07) is 17.5. The Morgan fingerprint density at radius 1 is 1.10 bits per heavy atom. The molecule has 3 rings (SSSR count). The first-order valence-electron chi connectivity index (χ1n) is 10.1. The van der Waals surface area contributed by atoms with Gasteiger partial charge in [0, 0.05) is 12.1 Å². The highest BCUT2D eigenvalue weighted by atomic mass is 16.2. The summed E-state index contributed by atoms with van der Waals surface area (Å²) in [6.07, 6.45) is 0. The van der Waals surface area contributed by atoms with Crippen molar-refractivity contribution in [3.8, 4) is 6.07 Å². The number of carbonyl (C=O) groups is 3. The van der Waals surface area contributed by atoms with Crippen molar-refractivity contribution in [3.63, 3.8) is 0 Å². The molecule has 0 bridgehead atoms. The number of imide groups is 1. The summed E-state index contributed by atoms with van der Waals surface area (Å²) in [5.41, 5.74) is 0.181. The number of nitriles is 1. The van der Waals surface area contributed by atoms with Crippen LogP contribution in [0.5, 0.6) is 0 Å². The van der Waals surface area contributed by atoms with Crippen LogP contribution in [0.25, 0.3) is 0 Å². The van der Waals surface area contributed by atoms with Crippen LogP contribution in [0.4, 0.5) is 4.79 Å². The van der Waals surface area contributed by atoms with Crippen molar-refractivity contribution < 1.29 is 14.4 Å². The molecule has 31 heavy (non-hydrogen) atoms. The maximum Gasteiger partial charge on any atom is 0.325 e. The van der Waals surface area contributed by atoms with E-state index in [4.69, 9.17) is 5.26 Å². The molecular formula is C24H26N4O3. The van der Waals surface area contributed by atoms with Crippen LogP contribution in [0, 0.1) is 11.3 Å². The molecule has 0 spiro atoms. The Balaban J connectivity index is 1.81. The first-order valence-corrected chi connectivity index (χ1v) is 10.1. The van der Waals surface area contributed by atoms with Gasteiger partial charge in [0.1, 0.15) is 12.1 Å². The van der Waals surface area contributed by atoms with Gasteiger partial charge < -0.3 is 10.2 Å². The molecule has 1 N–H and O–H groups in total. The van der Waals surface area contributed by atoms with E-state index < -0.39 is 23.0 Å². The van der Waals surface area contributed by atoms with Gasteiger partial charge in [-0.05, 0) is 51.0 Å². The van der Waals surface area contributed by atoms with Gasteiger partial charge >= 0.3 is 6.03 Å². The minimum atomic E-state index is -1.29. The zero-order valence-electron chi connectivity index (χ0n) is 18.2. The van der Waals surface area contributed by atoms with Gasteiger partial charge in [0.2, 0.25) is 5.91 Å². The number of hydrogen-bond acceptors (Lipinski definition) is 4. The van der Waals surface area contributed by atoms with Crippen molar-refractivity contribution in [1.82, 2.24) is 15.1 Å². The summed E-state index contributed by atoms with van der Waals surface area (Å²) in [4.78, 5) is 41.6. The van der Waals surface area contributed by atoms with Crippen molar-refractivity contribution in [2.75, 3.05) is 6.54 Å². The Hall–Kier alpha value is -3.66. The van der Waals surface area contributed by atoms with Gasteiger partial charge in [-0.2, -0.15) is 5.26 Å². The Labute approximate surface area is 182 Å². The molecule has 0 aliphatic carbocycles. The Morgan fingerprint density at radius 3 is 2.26 bits per heavy atom. The lowest BCUT2D eigenvalue weighted by molar-refractivity contribution is -0.142. The predicted octanol–water partition coefficient (Wildman–Crippen LogP) is 3.15. The second-order valence-electron chi connectivity index (χ2n) is 8.77. The fourth-order valence-electron chi connectivity index (χ4n) is 3.60. The number of nitrogens with one attached hydrogen (secondary N) is 1. The molecule has 1 saturated heterocycles. The molecule has 4 amide bonds. The SMILES string of the molecule is CC1(c2ccc(C#N)cc2)NC(=O)N(CC(=O)N(Cc2ccccc2)C(C)(C)C)C1=O. The molecule has 2 aromatic rings. The molecule has 0 saturated carbocycles. The molecular weight excluding hydrogens is 392 g/mol. The van der Waals surface area contributed by atoms with Crippen LogP contribution >= 0.6 is 0 Å². The number of hydrogen-bond donors (Lipinski definition) is 1. The lowest BCUT2D eigenvalue weighted by Crippen LogP contribution is -2.50. The zero-order valence-corrected chi connectivity index (χ0v) is 18.2. The normalized spacial score (nSPS) is 18.5. The second-order valence-corrected chi connectivity index (χ2v) is 8.77. The van der Waals surface area contributed by atoms with Gasteiger partial charge in [-0.1, -0.05) is 42.5 Å². The third kappa shape index (κ3) is 4.43. The monoisotopic (exact) mass is 418 g/mol. The van der Waals surface area contributed by atoms with Gasteiger partial charge in [-0.25, -0.2) is 4.79 Å². The Kier molecular flexibility index (Phi) is 5.85. The van der Waals surface area contributed by atoms with E-state index >= 15 is 0 Å². The van der Waals surface area contributed by atoms with E-state index in [0.29, 0.717) is 17.7 Å². The fourth-order valence-corrected chi connectivity index (χ4v) is 3.60. The minimum Gasteiger partial charge on any atom is -0.332 e. The molecule has 1 fully saturated rings. The van der Waals surface area contributed by atoms with E-state index in [2.05, 4.69) is 5.32 Å². The molecule has 160 valence electrons. The summed E-state index contributed by atoms with van der Waals surface area (Å²) >= 11 is 0. The zero-order chi connectivity index (χ0) is 22.8. The van der Waals surface area contributed by atoms with Crippen molar-refractivity contribution >= 4 is 17.8 Å². The lowest BCUT2D eigenvalue weighted by atomic mass is 9.91. The fraction of sp³-hybridized carbons (Fsp3) is 0.333. The molecule has 1 heterocycles. The minimum absolute atomic E-state index is 0.316. The summed E-state index contributed by atoms with van der Waals surface area (Å²) in [5.74, 6) is -0.812. The summed E-state index contributed by atoms with van der Waals surface area (Å²) in [5, 5.41) is 11.7. The van der Waals surface area contributed by atoms with Crippen LogP contribution in [0.2, 0.25) is 0 Å². The third-order valence-electron chi connectivity index (χ3n) is 5.45. The first-order chi connectivity index (χ1) is 14.6. The van der Waals surface area contributed by atoms with Crippen LogP contribution in [0.1, 0.15) is 44.4 Å². The number of urea groups is 1. The average Bonchev–Trinajstić information content (AvgIpc) is 2.95. The molecule has 0 aromatic heterocycles. The molecule has 1 aliphatic heterocycles. The summed E-state index contributed by atoms with van der Waals surface area (Å²) in [7, 11) is 0. The number of benzene rings is 2. The van der Waals surface area contributed by atoms with Crippen LogP contribution in [0.3, 0.4) is 0 Å². The van der Waals surface area contributed by atoms with E-state index in [0.717, 1.165) is 10.5 Å². The maximum atomic E-state index is 13.2. The molecule has 1 atom stereocenters. The Bertz CT molecular complexity index is 1040. The highest BCUT2D eigenvalue weighted by Crippen LogP contribution is 2.29. The number of amides is 4. The molecule has 2 aromatic carbocycles. The number of nitrogens with zero attached hydrogens (tertiary/aromatic N) is 3. The molecule has 1 unspecified atom stereocenters. The highest BCUT2D eigenvalue weighted by molar-refractivity contribution is 6.09. The van der Waals surface area contributed by atoms with Crippen molar-refractivity contribution in [2.24, 2.45) is 0 Å². The van der Waals surface area contributed by atoms with Crippen LogP contribution in [0.15, 0.2) is 54.6 Å². The highest BCUT2D eigenvalue weighted by Gasteiger charge is 2.50. The van der Waals surface area contributed by atoms with Crippen molar-refractivity contribution in [3.05, 3.63) is 71.3 Å². The van der Waals surface area contributed by atoms with Gasteiger partial charge in [0.05, 0.1) is 11.6 Å². The quantitative estimate of drug-likeness (QED) is 0.755. The van der Waals surface area contributed by atoms with Gasteiger partial charge in [-0.15, -0.1) is 0 Å². The second kappa shape index (κ2) is 8.23. The van der Waals surface area contributed by atoms with Crippen LogP contribution < -0.4 is 5.32 Å². The van der Waals surface area contributed by atoms with Gasteiger partial charge in [0.25, 0.3) is 5.91 Å². The van der Waals surface area contributed by atoms with E-state index in [1.807, 2.05) is 57.2 Å². The van der Waals surface area contributed by atoms with Crippen LogP contribution in [-0.2, 0) is 21.7 Å². The average molecular weight is 418 g/mol. The summed E-state index contributed by atoms with van der Waals surface area (Å²) in [6.45, 7) is 7.38. The smallest absolute Gasteiger partial charge is 0.325 e. The molecule has 7 heteroatoms. The topological polar surface area (TPSA) is 93.5 Å².